The highest BCUT2D eigenvalue weighted by Crippen LogP contribution is 2.10. The highest BCUT2D eigenvalue weighted by atomic mass is 19.2. The Bertz CT molecular complexity index is 201. The van der Waals surface area contributed by atoms with Crippen LogP contribution in [0, 0.1) is 6.07 Å². The number of hydrogen-bond acceptors (Lipinski definition) is 1. The lowest BCUT2D eigenvalue weighted by atomic mass is 10.3. The smallest absolute Gasteiger partial charge is 0.266 e. The van der Waals surface area contributed by atoms with Crippen molar-refractivity contribution < 1.29 is 13.5 Å². The lowest BCUT2D eigenvalue weighted by molar-refractivity contribution is 0.0434. The van der Waals surface area contributed by atoms with E-state index < -0.39 is 13.0 Å². The molecule has 0 aliphatic carbocycles. The van der Waals surface area contributed by atoms with Crippen LogP contribution < -0.4 is 4.74 Å². The molecule has 59 valence electrons. The van der Waals surface area contributed by atoms with Gasteiger partial charge in [-0.3, -0.25) is 0 Å². The monoisotopic (exact) mass is 157 g/mol. The van der Waals surface area contributed by atoms with Gasteiger partial charge in [-0.1, -0.05) is 12.1 Å². The van der Waals surface area contributed by atoms with E-state index in [-0.39, 0.29) is 5.75 Å². The van der Waals surface area contributed by atoms with Gasteiger partial charge in [-0.15, -0.1) is 0 Å². The first-order valence-electron chi connectivity index (χ1n) is 3.15. The molecule has 0 N–H and O–H groups in total. The van der Waals surface area contributed by atoms with Crippen molar-refractivity contribution in [2.24, 2.45) is 0 Å². The third-order valence-corrected chi connectivity index (χ3v) is 1.06. The Labute approximate surface area is 63.6 Å². The number of alkyl halides is 2. The maximum Gasteiger partial charge on any atom is 0.266 e. The standard InChI is InChI=1S/C8H7F2O/c9-6-8(10)11-7-4-2-1-3-5-7/h1-2,4-5,8H,6H2. The molecular weight excluding hydrogens is 150 g/mol. The Kier molecular flexibility index (Phi) is 2.83. The Morgan fingerprint density at radius 2 is 2.45 bits per heavy atom. The summed E-state index contributed by atoms with van der Waals surface area (Å²) >= 11 is 0. The average molecular weight is 157 g/mol. The molecule has 3 heteroatoms. The fraction of sp³-hybridized carbons (Fsp3) is 0.250. The van der Waals surface area contributed by atoms with Crippen molar-refractivity contribution in [1.29, 1.82) is 0 Å². The molecule has 1 nitrogen and oxygen atoms in total. The molecule has 0 heterocycles. The molecular formula is C8H7F2O. The Morgan fingerprint density at radius 3 is 3.00 bits per heavy atom. The number of ether oxygens (including phenoxy) is 1. The molecule has 0 spiro atoms. The molecule has 0 aliphatic rings. The van der Waals surface area contributed by atoms with Crippen LogP contribution in [-0.2, 0) is 0 Å². The molecule has 1 rings (SSSR count). The normalized spacial score (nSPS) is 12.5. The van der Waals surface area contributed by atoms with E-state index in [2.05, 4.69) is 10.8 Å². The highest BCUT2D eigenvalue weighted by Gasteiger charge is 2.05. The van der Waals surface area contributed by atoms with Crippen molar-refractivity contribution in [2.75, 3.05) is 6.67 Å². The van der Waals surface area contributed by atoms with Gasteiger partial charge < -0.3 is 4.74 Å². The minimum absolute atomic E-state index is 0.289. The average Bonchev–Trinajstić information content (AvgIpc) is 2.06. The van der Waals surface area contributed by atoms with E-state index >= 15 is 0 Å². The molecule has 1 unspecified atom stereocenters. The van der Waals surface area contributed by atoms with Crippen LogP contribution in [0.15, 0.2) is 24.3 Å². The number of rotatable bonds is 3. The molecule has 0 aliphatic heterocycles. The van der Waals surface area contributed by atoms with Crippen molar-refractivity contribution in [3.8, 4) is 5.75 Å². The van der Waals surface area contributed by atoms with Crippen LogP contribution in [0.4, 0.5) is 8.78 Å². The molecule has 0 fully saturated rings. The fourth-order valence-electron chi connectivity index (χ4n) is 0.629. The summed E-state index contributed by atoms with van der Waals surface area (Å²) in [4.78, 5) is 0. The number of hydrogen-bond donors (Lipinski definition) is 0. The molecule has 1 atom stereocenters. The first-order valence-corrected chi connectivity index (χ1v) is 3.15. The van der Waals surface area contributed by atoms with Crippen LogP contribution >= 0.6 is 0 Å². The zero-order valence-electron chi connectivity index (χ0n) is 5.76. The van der Waals surface area contributed by atoms with E-state index in [1.165, 1.54) is 6.07 Å². The van der Waals surface area contributed by atoms with Gasteiger partial charge in [0.05, 0.1) is 0 Å². The molecule has 0 bridgehead atoms. The minimum Gasteiger partial charge on any atom is -0.458 e. The second-order valence-corrected chi connectivity index (χ2v) is 1.92. The summed E-state index contributed by atoms with van der Waals surface area (Å²) in [5, 5.41) is 0. The van der Waals surface area contributed by atoms with Gasteiger partial charge >= 0.3 is 0 Å². The molecule has 1 aromatic rings. The maximum absolute atomic E-state index is 12.2. The van der Waals surface area contributed by atoms with Gasteiger partial charge in [-0.25, -0.2) is 4.39 Å². The van der Waals surface area contributed by atoms with Gasteiger partial charge in [0, 0.05) is 0 Å². The van der Waals surface area contributed by atoms with E-state index in [0.717, 1.165) is 0 Å². The lowest BCUT2D eigenvalue weighted by Crippen LogP contribution is -2.11. The Balaban J connectivity index is 2.51. The molecule has 0 saturated heterocycles. The number of halogens is 2. The van der Waals surface area contributed by atoms with Gasteiger partial charge in [0.1, 0.15) is 5.75 Å². The second kappa shape index (κ2) is 3.91. The maximum atomic E-state index is 12.2. The summed E-state index contributed by atoms with van der Waals surface area (Å²) in [6.07, 6.45) is -1.87. The van der Waals surface area contributed by atoms with Crippen molar-refractivity contribution in [3.05, 3.63) is 30.3 Å². The van der Waals surface area contributed by atoms with Crippen molar-refractivity contribution in [3.63, 3.8) is 0 Å². The summed E-state index contributed by atoms with van der Waals surface area (Å²) in [6.45, 7) is -1.13. The van der Waals surface area contributed by atoms with Crippen molar-refractivity contribution >= 4 is 0 Å². The van der Waals surface area contributed by atoms with Crippen molar-refractivity contribution in [1.82, 2.24) is 0 Å². The predicted octanol–water partition coefficient (Wildman–Crippen LogP) is 2.13. The summed E-state index contributed by atoms with van der Waals surface area (Å²) < 4.78 is 28.3. The molecule has 11 heavy (non-hydrogen) atoms. The summed E-state index contributed by atoms with van der Waals surface area (Å²) in [7, 11) is 0. The first-order chi connectivity index (χ1) is 5.33. The zero-order valence-corrected chi connectivity index (χ0v) is 5.76. The molecule has 0 saturated carbocycles. The van der Waals surface area contributed by atoms with E-state index in [4.69, 9.17) is 0 Å². The third kappa shape index (κ3) is 2.53. The van der Waals surface area contributed by atoms with E-state index in [1.54, 1.807) is 18.2 Å². The Hall–Kier alpha value is -1.12. The van der Waals surface area contributed by atoms with Crippen LogP contribution in [-0.4, -0.2) is 13.0 Å². The van der Waals surface area contributed by atoms with Gasteiger partial charge in [0.15, 0.2) is 6.67 Å². The fourth-order valence-corrected chi connectivity index (χ4v) is 0.629. The van der Waals surface area contributed by atoms with Crippen LogP contribution in [0.25, 0.3) is 0 Å². The van der Waals surface area contributed by atoms with Gasteiger partial charge in [-0.2, -0.15) is 4.39 Å². The highest BCUT2D eigenvalue weighted by molar-refractivity contribution is 5.20. The van der Waals surface area contributed by atoms with E-state index in [0.29, 0.717) is 0 Å². The predicted molar refractivity (Wildman–Crippen MR) is 36.8 cm³/mol. The SMILES string of the molecule is FCC(F)Oc1c[c]ccc1. The largest absolute Gasteiger partial charge is 0.458 e. The topological polar surface area (TPSA) is 9.23 Å². The third-order valence-electron chi connectivity index (χ3n) is 1.06. The Morgan fingerprint density at radius 1 is 1.64 bits per heavy atom. The van der Waals surface area contributed by atoms with Crippen LogP contribution in [0.1, 0.15) is 0 Å². The molecule has 1 aromatic carbocycles. The van der Waals surface area contributed by atoms with E-state index in [1.807, 2.05) is 0 Å². The molecule has 1 radical (unpaired) electrons. The van der Waals surface area contributed by atoms with Crippen LogP contribution in [0.5, 0.6) is 5.75 Å². The summed E-state index contributed by atoms with van der Waals surface area (Å²) in [5.74, 6) is 0.289. The van der Waals surface area contributed by atoms with Gasteiger partial charge in [0.2, 0.25) is 0 Å². The number of benzene rings is 1. The zero-order chi connectivity index (χ0) is 8.10. The van der Waals surface area contributed by atoms with E-state index in [9.17, 15) is 8.78 Å². The minimum atomic E-state index is -1.87. The lowest BCUT2D eigenvalue weighted by Gasteiger charge is -2.06. The second-order valence-electron chi connectivity index (χ2n) is 1.92. The van der Waals surface area contributed by atoms with Gasteiger partial charge in [-0.05, 0) is 18.2 Å². The molecule has 0 amide bonds. The van der Waals surface area contributed by atoms with Crippen LogP contribution in [0.3, 0.4) is 0 Å². The molecule has 0 aromatic heterocycles. The van der Waals surface area contributed by atoms with Crippen molar-refractivity contribution in [2.45, 2.75) is 6.36 Å². The quantitative estimate of drug-likeness (QED) is 0.653. The summed E-state index contributed by atoms with van der Waals surface area (Å²) in [6, 6.07) is 8.95. The summed E-state index contributed by atoms with van der Waals surface area (Å²) in [5.41, 5.74) is 0. The van der Waals surface area contributed by atoms with Gasteiger partial charge in [0.25, 0.3) is 6.36 Å². The first kappa shape index (κ1) is 7.98. The van der Waals surface area contributed by atoms with Crippen LogP contribution in [0.2, 0.25) is 0 Å².